The Labute approximate surface area is 143 Å². The Kier molecular flexibility index (Phi) is 6.09. The van der Waals surface area contributed by atoms with Gasteiger partial charge in [-0.3, -0.25) is 9.78 Å². The third kappa shape index (κ3) is 4.64. The molecule has 0 fully saturated rings. The van der Waals surface area contributed by atoms with Gasteiger partial charge in [-0.15, -0.1) is 0 Å². The molecule has 0 saturated carbocycles. The van der Waals surface area contributed by atoms with Gasteiger partial charge >= 0.3 is 0 Å². The van der Waals surface area contributed by atoms with Crippen molar-refractivity contribution in [1.29, 1.82) is 0 Å². The number of pyridine rings is 1. The Morgan fingerprint density at radius 1 is 1.33 bits per heavy atom. The van der Waals surface area contributed by atoms with Gasteiger partial charge < -0.3 is 10.1 Å². The molecular formula is C17H17ClF2N2O2. The summed E-state index contributed by atoms with van der Waals surface area (Å²) in [5.41, 5.74) is 1.88. The molecule has 0 aliphatic heterocycles. The maximum absolute atomic E-state index is 12.3. The van der Waals surface area contributed by atoms with Crippen LogP contribution in [-0.2, 0) is 0 Å². The largest absolute Gasteiger partial charge is 0.486 e. The van der Waals surface area contributed by atoms with Crippen LogP contribution in [0.1, 0.15) is 34.5 Å². The Hall–Kier alpha value is -2.21. The first kappa shape index (κ1) is 18.1. The number of halogens is 3. The second-order valence-electron chi connectivity index (χ2n) is 5.28. The number of aromatic nitrogens is 1. The number of rotatable bonds is 6. The molecule has 1 N–H and O–H groups in total. The molecule has 24 heavy (non-hydrogen) atoms. The van der Waals surface area contributed by atoms with Crippen LogP contribution in [0, 0.1) is 6.92 Å². The lowest BCUT2D eigenvalue weighted by Crippen LogP contribution is -2.26. The number of hydrogen-bond donors (Lipinski definition) is 1. The third-order valence-corrected chi connectivity index (χ3v) is 3.68. The molecule has 0 aliphatic carbocycles. The molecule has 1 aromatic carbocycles. The van der Waals surface area contributed by atoms with Crippen molar-refractivity contribution in [1.82, 2.24) is 10.3 Å². The summed E-state index contributed by atoms with van der Waals surface area (Å²) < 4.78 is 29.6. The fourth-order valence-electron chi connectivity index (χ4n) is 2.20. The number of carbonyl (C=O) groups excluding carboxylic acids is 1. The Bertz CT molecular complexity index is 688. The van der Waals surface area contributed by atoms with Crippen molar-refractivity contribution in [2.45, 2.75) is 26.3 Å². The second kappa shape index (κ2) is 8.06. The van der Waals surface area contributed by atoms with E-state index in [2.05, 4.69) is 10.3 Å². The zero-order valence-electron chi connectivity index (χ0n) is 13.2. The Balaban J connectivity index is 2.12. The van der Waals surface area contributed by atoms with Crippen molar-refractivity contribution >= 4 is 17.5 Å². The van der Waals surface area contributed by atoms with Crippen molar-refractivity contribution in [3.8, 4) is 5.75 Å². The summed E-state index contributed by atoms with van der Waals surface area (Å²) >= 11 is 6.12. The van der Waals surface area contributed by atoms with Crippen LogP contribution in [0.25, 0.3) is 0 Å². The van der Waals surface area contributed by atoms with E-state index >= 15 is 0 Å². The predicted molar refractivity (Wildman–Crippen MR) is 87.8 cm³/mol. The van der Waals surface area contributed by atoms with E-state index in [1.54, 1.807) is 31.2 Å². The third-order valence-electron chi connectivity index (χ3n) is 3.40. The number of ether oxygens (including phenoxy) is 1. The van der Waals surface area contributed by atoms with E-state index in [0.717, 1.165) is 5.56 Å². The van der Waals surface area contributed by atoms with E-state index in [4.69, 9.17) is 16.3 Å². The molecule has 128 valence electrons. The average Bonchev–Trinajstić information content (AvgIpc) is 2.54. The molecule has 4 nitrogen and oxygen atoms in total. The summed E-state index contributed by atoms with van der Waals surface area (Å²) in [4.78, 5) is 16.0. The summed E-state index contributed by atoms with van der Waals surface area (Å²) in [6, 6.07) is 6.27. The van der Waals surface area contributed by atoms with Crippen LogP contribution < -0.4 is 10.1 Å². The zero-order chi connectivity index (χ0) is 17.7. The van der Waals surface area contributed by atoms with Gasteiger partial charge in [0.2, 0.25) is 0 Å². The molecule has 0 spiro atoms. The molecule has 1 aromatic heterocycles. The van der Waals surface area contributed by atoms with Crippen LogP contribution in [-0.4, -0.2) is 23.9 Å². The van der Waals surface area contributed by atoms with Gasteiger partial charge in [-0.05, 0) is 43.2 Å². The summed E-state index contributed by atoms with van der Waals surface area (Å²) in [6.45, 7) is 2.81. The fourth-order valence-corrected chi connectivity index (χ4v) is 2.53. The first-order valence-corrected chi connectivity index (χ1v) is 7.68. The molecule has 2 rings (SSSR count). The topological polar surface area (TPSA) is 51.2 Å². The highest BCUT2D eigenvalue weighted by molar-refractivity contribution is 6.32. The van der Waals surface area contributed by atoms with E-state index < -0.39 is 13.0 Å². The minimum atomic E-state index is -2.57. The van der Waals surface area contributed by atoms with Crippen LogP contribution in [0.3, 0.4) is 0 Å². The van der Waals surface area contributed by atoms with E-state index in [1.165, 1.54) is 12.4 Å². The van der Waals surface area contributed by atoms with Crippen molar-refractivity contribution in [2.24, 2.45) is 0 Å². The number of hydrogen-bond acceptors (Lipinski definition) is 3. The first-order valence-electron chi connectivity index (χ1n) is 7.30. The number of amides is 1. The summed E-state index contributed by atoms with van der Waals surface area (Å²) in [6.07, 6.45) is 0.504. The number of nitrogens with zero attached hydrogens (tertiary/aromatic N) is 1. The molecule has 1 unspecified atom stereocenters. The Morgan fingerprint density at radius 3 is 2.58 bits per heavy atom. The van der Waals surface area contributed by atoms with Gasteiger partial charge in [0.1, 0.15) is 12.4 Å². The van der Waals surface area contributed by atoms with E-state index in [0.29, 0.717) is 11.1 Å². The van der Waals surface area contributed by atoms with Gasteiger partial charge in [-0.2, -0.15) is 0 Å². The zero-order valence-corrected chi connectivity index (χ0v) is 14.0. The van der Waals surface area contributed by atoms with Crippen LogP contribution in [0.2, 0.25) is 5.02 Å². The highest BCUT2D eigenvalue weighted by Gasteiger charge is 2.16. The Morgan fingerprint density at radius 2 is 2.00 bits per heavy atom. The highest BCUT2D eigenvalue weighted by atomic mass is 35.5. The number of carbonyl (C=O) groups is 1. The highest BCUT2D eigenvalue weighted by Crippen LogP contribution is 2.32. The molecule has 0 radical (unpaired) electrons. The maximum atomic E-state index is 12.3. The van der Waals surface area contributed by atoms with Crippen molar-refractivity contribution in [3.63, 3.8) is 0 Å². The number of alkyl halides is 2. The quantitative estimate of drug-likeness (QED) is 0.846. The lowest BCUT2D eigenvalue weighted by Gasteiger charge is -2.18. The summed E-state index contributed by atoms with van der Waals surface area (Å²) in [7, 11) is 0. The van der Waals surface area contributed by atoms with Crippen LogP contribution >= 0.6 is 11.6 Å². The van der Waals surface area contributed by atoms with Gasteiger partial charge in [0.05, 0.1) is 11.1 Å². The smallest absolute Gasteiger partial charge is 0.272 e. The van der Waals surface area contributed by atoms with Crippen LogP contribution in [0.4, 0.5) is 8.78 Å². The number of benzene rings is 1. The van der Waals surface area contributed by atoms with Crippen LogP contribution in [0.5, 0.6) is 5.75 Å². The van der Waals surface area contributed by atoms with Gasteiger partial charge in [0.15, 0.2) is 0 Å². The molecule has 0 aliphatic rings. The van der Waals surface area contributed by atoms with E-state index in [-0.39, 0.29) is 22.7 Å². The van der Waals surface area contributed by atoms with E-state index in [9.17, 15) is 13.6 Å². The molecule has 1 atom stereocenters. The lowest BCUT2D eigenvalue weighted by atomic mass is 10.0. The first-order chi connectivity index (χ1) is 11.4. The van der Waals surface area contributed by atoms with Gasteiger partial charge in [-0.25, -0.2) is 8.78 Å². The average molecular weight is 355 g/mol. The van der Waals surface area contributed by atoms with E-state index in [1.807, 2.05) is 6.92 Å². The van der Waals surface area contributed by atoms with Crippen molar-refractivity contribution < 1.29 is 18.3 Å². The lowest BCUT2D eigenvalue weighted by molar-refractivity contribution is 0.0816. The normalized spacial score (nSPS) is 12.1. The summed E-state index contributed by atoms with van der Waals surface area (Å²) in [5, 5.41) is 3.08. The monoisotopic (exact) mass is 354 g/mol. The van der Waals surface area contributed by atoms with Crippen LogP contribution in [0.15, 0.2) is 36.7 Å². The van der Waals surface area contributed by atoms with Gasteiger partial charge in [0, 0.05) is 18.0 Å². The van der Waals surface area contributed by atoms with Crippen molar-refractivity contribution in [2.75, 3.05) is 6.61 Å². The van der Waals surface area contributed by atoms with Crippen molar-refractivity contribution in [3.05, 3.63) is 58.4 Å². The summed E-state index contributed by atoms with van der Waals surface area (Å²) in [5.74, 6) is -0.00919. The second-order valence-corrected chi connectivity index (χ2v) is 5.69. The molecule has 2 aromatic rings. The minimum Gasteiger partial charge on any atom is -0.486 e. The van der Waals surface area contributed by atoms with Gasteiger partial charge in [0.25, 0.3) is 12.3 Å². The standard InChI is InChI=1S/C17H17ClF2N2O2/c1-10-7-13(8-14(18)16(10)24-9-15(19)20)11(2)22-17(23)12-3-5-21-6-4-12/h3-8,11,15H,9H2,1-2H3,(H,22,23). The molecule has 0 bridgehead atoms. The minimum absolute atomic E-state index is 0.230. The molecule has 1 amide bonds. The SMILES string of the molecule is Cc1cc(C(C)NC(=O)c2ccncc2)cc(Cl)c1OCC(F)F. The number of nitrogens with one attached hydrogen (secondary N) is 1. The molecular weight excluding hydrogens is 338 g/mol. The molecule has 7 heteroatoms. The fraction of sp³-hybridized carbons (Fsp3) is 0.294. The number of aryl methyl sites for hydroxylation is 1. The maximum Gasteiger partial charge on any atom is 0.272 e. The molecule has 0 saturated heterocycles. The van der Waals surface area contributed by atoms with Gasteiger partial charge in [-0.1, -0.05) is 17.7 Å². The predicted octanol–water partition coefficient (Wildman–Crippen LogP) is 4.18. The molecule has 1 heterocycles.